The van der Waals surface area contributed by atoms with E-state index >= 15 is 0 Å². The maximum Gasteiger partial charge on any atom is 0.236 e. The summed E-state index contributed by atoms with van der Waals surface area (Å²) in [5.74, 6) is 0.0768. The summed E-state index contributed by atoms with van der Waals surface area (Å²) in [4.78, 5) is 13.3. The molecule has 0 heterocycles. The van der Waals surface area contributed by atoms with Crippen molar-refractivity contribution in [3.8, 4) is 5.75 Å². The highest BCUT2D eigenvalue weighted by Crippen LogP contribution is 2.21. The van der Waals surface area contributed by atoms with Crippen LogP contribution in [0.5, 0.6) is 5.75 Å². The molecule has 0 unspecified atom stereocenters. The van der Waals surface area contributed by atoms with Gasteiger partial charge in [0.2, 0.25) is 5.91 Å². The van der Waals surface area contributed by atoms with Crippen molar-refractivity contribution in [3.05, 3.63) is 29.6 Å². The van der Waals surface area contributed by atoms with Crippen molar-refractivity contribution in [2.24, 2.45) is 5.73 Å². The van der Waals surface area contributed by atoms with Crippen molar-refractivity contribution in [1.29, 1.82) is 0 Å². The molecule has 0 aliphatic carbocycles. The predicted molar refractivity (Wildman–Crippen MR) is 67.7 cm³/mol. The van der Waals surface area contributed by atoms with E-state index in [1.165, 1.54) is 19.2 Å². The van der Waals surface area contributed by atoms with Gasteiger partial charge in [-0.3, -0.25) is 4.79 Å². The second kappa shape index (κ2) is 6.96. The van der Waals surface area contributed by atoms with Crippen LogP contribution in [-0.2, 0) is 11.3 Å². The van der Waals surface area contributed by atoms with Gasteiger partial charge in [-0.25, -0.2) is 4.39 Å². The highest BCUT2D eigenvalue weighted by Gasteiger charge is 2.14. The summed E-state index contributed by atoms with van der Waals surface area (Å²) < 4.78 is 18.4. The number of amides is 1. The number of hydrogen-bond donors (Lipinski definition) is 1. The van der Waals surface area contributed by atoms with Gasteiger partial charge in [0.1, 0.15) is 11.6 Å². The minimum absolute atomic E-state index is 0.0440. The zero-order chi connectivity index (χ0) is 13.5. The number of hydrogen-bond acceptors (Lipinski definition) is 3. The topological polar surface area (TPSA) is 55.6 Å². The van der Waals surface area contributed by atoms with Gasteiger partial charge in [0.05, 0.1) is 13.7 Å². The first-order valence-corrected chi connectivity index (χ1v) is 5.92. The molecule has 0 bridgehead atoms. The number of nitrogens with zero attached hydrogens (tertiary/aromatic N) is 1. The maximum atomic E-state index is 13.2. The summed E-state index contributed by atoms with van der Waals surface area (Å²) in [7, 11) is 1.52. The SMILES string of the molecule is CCCN(Cc1cc(F)ccc1OC)C(=O)CN. The van der Waals surface area contributed by atoms with E-state index in [1.807, 2.05) is 6.92 Å². The van der Waals surface area contributed by atoms with Crippen LogP contribution in [0.15, 0.2) is 18.2 Å². The van der Waals surface area contributed by atoms with E-state index in [1.54, 1.807) is 11.0 Å². The second-order valence-corrected chi connectivity index (χ2v) is 3.98. The molecule has 2 N–H and O–H groups in total. The van der Waals surface area contributed by atoms with Crippen LogP contribution in [0.1, 0.15) is 18.9 Å². The molecule has 0 aromatic heterocycles. The fourth-order valence-electron chi connectivity index (χ4n) is 1.77. The van der Waals surface area contributed by atoms with E-state index in [9.17, 15) is 9.18 Å². The number of methoxy groups -OCH3 is 1. The lowest BCUT2D eigenvalue weighted by atomic mass is 10.1. The lowest BCUT2D eigenvalue weighted by molar-refractivity contribution is -0.130. The number of halogens is 1. The van der Waals surface area contributed by atoms with Gasteiger partial charge in [-0.1, -0.05) is 6.92 Å². The summed E-state index contributed by atoms with van der Waals surface area (Å²) in [5, 5.41) is 0. The average molecular weight is 254 g/mol. The predicted octanol–water partition coefficient (Wildman–Crippen LogP) is 1.53. The van der Waals surface area contributed by atoms with Gasteiger partial charge in [-0.2, -0.15) is 0 Å². The standard InChI is InChI=1S/C13H19FN2O2/c1-3-6-16(13(17)8-15)9-10-7-11(14)4-5-12(10)18-2/h4-5,7H,3,6,8-9,15H2,1-2H3. The van der Waals surface area contributed by atoms with Gasteiger partial charge in [0.25, 0.3) is 0 Å². The van der Waals surface area contributed by atoms with Crippen LogP contribution < -0.4 is 10.5 Å². The number of benzene rings is 1. The molecule has 0 saturated heterocycles. The van der Waals surface area contributed by atoms with Crippen molar-refractivity contribution in [1.82, 2.24) is 4.90 Å². The van der Waals surface area contributed by atoms with Gasteiger partial charge in [0.15, 0.2) is 0 Å². The first kappa shape index (κ1) is 14.4. The number of nitrogens with two attached hydrogens (primary N) is 1. The highest BCUT2D eigenvalue weighted by atomic mass is 19.1. The first-order valence-electron chi connectivity index (χ1n) is 5.92. The molecule has 0 spiro atoms. The zero-order valence-corrected chi connectivity index (χ0v) is 10.8. The molecule has 1 amide bonds. The third kappa shape index (κ3) is 3.70. The van der Waals surface area contributed by atoms with Crippen LogP contribution in [0.2, 0.25) is 0 Å². The van der Waals surface area contributed by atoms with Crippen LogP contribution in [0.3, 0.4) is 0 Å². The Balaban J connectivity index is 2.91. The molecule has 0 atom stereocenters. The molecule has 0 radical (unpaired) electrons. The molecule has 1 aromatic rings. The van der Waals surface area contributed by atoms with Gasteiger partial charge in [-0.05, 0) is 24.6 Å². The molecular formula is C13H19FN2O2. The first-order chi connectivity index (χ1) is 8.62. The molecule has 0 saturated carbocycles. The Hall–Kier alpha value is -1.62. The number of carbonyl (C=O) groups excluding carboxylic acids is 1. The fraction of sp³-hybridized carbons (Fsp3) is 0.462. The summed E-state index contributed by atoms with van der Waals surface area (Å²) >= 11 is 0. The quantitative estimate of drug-likeness (QED) is 0.837. The summed E-state index contributed by atoms with van der Waals surface area (Å²) in [6, 6.07) is 4.27. The molecule has 0 aliphatic heterocycles. The van der Waals surface area contributed by atoms with E-state index < -0.39 is 0 Å². The van der Waals surface area contributed by atoms with Crippen LogP contribution in [-0.4, -0.2) is 31.0 Å². The molecule has 0 aliphatic rings. The summed E-state index contributed by atoms with van der Waals surface area (Å²) in [6.07, 6.45) is 0.823. The molecule has 4 nitrogen and oxygen atoms in total. The van der Waals surface area contributed by atoms with Crippen LogP contribution in [0.4, 0.5) is 4.39 Å². The van der Waals surface area contributed by atoms with Crippen LogP contribution in [0, 0.1) is 5.82 Å². The van der Waals surface area contributed by atoms with Crippen LogP contribution in [0.25, 0.3) is 0 Å². The van der Waals surface area contributed by atoms with Gasteiger partial charge >= 0.3 is 0 Å². The van der Waals surface area contributed by atoms with E-state index in [2.05, 4.69) is 0 Å². The Morgan fingerprint density at radius 3 is 2.78 bits per heavy atom. The second-order valence-electron chi connectivity index (χ2n) is 3.98. The minimum atomic E-state index is -0.345. The fourth-order valence-corrected chi connectivity index (χ4v) is 1.77. The number of rotatable bonds is 6. The van der Waals surface area contributed by atoms with E-state index in [0.717, 1.165) is 6.42 Å². The highest BCUT2D eigenvalue weighted by molar-refractivity contribution is 5.78. The van der Waals surface area contributed by atoms with E-state index in [0.29, 0.717) is 24.4 Å². The van der Waals surface area contributed by atoms with E-state index in [4.69, 9.17) is 10.5 Å². The number of carbonyl (C=O) groups is 1. The molecule has 1 aromatic carbocycles. The molecule has 1 rings (SSSR count). The monoisotopic (exact) mass is 254 g/mol. The molecule has 100 valence electrons. The van der Waals surface area contributed by atoms with Gasteiger partial charge < -0.3 is 15.4 Å². The Bertz CT molecular complexity index is 410. The molecule has 0 fully saturated rings. The molecule has 18 heavy (non-hydrogen) atoms. The molecule has 5 heteroatoms. The van der Waals surface area contributed by atoms with Crippen molar-refractivity contribution in [3.63, 3.8) is 0 Å². The Kier molecular flexibility index (Phi) is 5.58. The zero-order valence-electron chi connectivity index (χ0n) is 10.8. The third-order valence-corrected chi connectivity index (χ3v) is 2.62. The van der Waals surface area contributed by atoms with E-state index in [-0.39, 0.29) is 18.3 Å². The van der Waals surface area contributed by atoms with Crippen molar-refractivity contribution < 1.29 is 13.9 Å². The maximum absolute atomic E-state index is 13.2. The summed E-state index contributed by atoms with van der Waals surface area (Å²) in [5.41, 5.74) is 6.01. The molecular weight excluding hydrogens is 235 g/mol. The van der Waals surface area contributed by atoms with Crippen molar-refractivity contribution >= 4 is 5.91 Å². The Labute approximate surface area is 107 Å². The smallest absolute Gasteiger partial charge is 0.236 e. The Morgan fingerprint density at radius 1 is 1.50 bits per heavy atom. The van der Waals surface area contributed by atoms with Crippen molar-refractivity contribution in [2.75, 3.05) is 20.2 Å². The lowest BCUT2D eigenvalue weighted by Gasteiger charge is -2.22. The largest absolute Gasteiger partial charge is 0.496 e. The minimum Gasteiger partial charge on any atom is -0.496 e. The summed E-state index contributed by atoms with van der Waals surface area (Å²) in [6.45, 7) is 2.83. The normalized spacial score (nSPS) is 10.2. The van der Waals surface area contributed by atoms with Crippen molar-refractivity contribution in [2.45, 2.75) is 19.9 Å². The average Bonchev–Trinajstić information content (AvgIpc) is 2.37. The van der Waals surface area contributed by atoms with Gasteiger partial charge in [-0.15, -0.1) is 0 Å². The lowest BCUT2D eigenvalue weighted by Crippen LogP contribution is -2.36. The third-order valence-electron chi connectivity index (χ3n) is 2.62. The Morgan fingerprint density at radius 2 is 2.22 bits per heavy atom. The van der Waals surface area contributed by atoms with Gasteiger partial charge in [0, 0.05) is 18.7 Å². The number of ether oxygens (including phenoxy) is 1. The van der Waals surface area contributed by atoms with Crippen LogP contribution >= 0.6 is 0 Å².